The van der Waals surface area contributed by atoms with E-state index in [1.54, 1.807) is 19.2 Å². The normalized spacial score (nSPS) is 10.9. The van der Waals surface area contributed by atoms with Crippen LogP contribution in [-0.2, 0) is 4.79 Å². The average Bonchev–Trinajstić information content (AvgIpc) is 2.21. The monoisotopic (exact) mass is 275 g/mol. The summed E-state index contributed by atoms with van der Waals surface area (Å²) in [6.07, 6.45) is 6.13. The van der Waals surface area contributed by atoms with Crippen LogP contribution >= 0.6 is 35.0 Å². The fourth-order valence-electron chi connectivity index (χ4n) is 1.05. The lowest BCUT2D eigenvalue weighted by atomic mass is 10.2. The third kappa shape index (κ3) is 4.56. The SMILES string of the molecule is CC(=O)SCCC=Cc1c(Cl)ccnc1Cl. The van der Waals surface area contributed by atoms with Gasteiger partial charge in [-0.1, -0.05) is 47.1 Å². The number of allylic oxidation sites excluding steroid dienone is 1. The summed E-state index contributed by atoms with van der Waals surface area (Å²) in [4.78, 5) is 14.6. The lowest BCUT2D eigenvalue weighted by molar-refractivity contribution is -0.109. The number of rotatable bonds is 4. The van der Waals surface area contributed by atoms with Gasteiger partial charge in [0.05, 0.1) is 5.02 Å². The number of thioether (sulfide) groups is 1. The van der Waals surface area contributed by atoms with Gasteiger partial charge >= 0.3 is 0 Å². The number of hydrogen-bond donors (Lipinski definition) is 0. The molecule has 0 radical (unpaired) electrons. The van der Waals surface area contributed by atoms with Gasteiger partial charge in [0.25, 0.3) is 0 Å². The van der Waals surface area contributed by atoms with Crippen molar-refractivity contribution in [3.8, 4) is 0 Å². The standard InChI is InChI=1S/C11H11Cl2NOS/c1-8(15)16-7-3-2-4-9-10(12)5-6-14-11(9)13/h2,4-6H,3,7H2,1H3. The maximum absolute atomic E-state index is 10.7. The molecule has 1 aromatic rings. The van der Waals surface area contributed by atoms with Crippen LogP contribution in [0.15, 0.2) is 18.3 Å². The summed E-state index contributed by atoms with van der Waals surface area (Å²) in [5, 5.41) is 1.10. The third-order valence-corrected chi connectivity index (χ3v) is 3.24. The van der Waals surface area contributed by atoms with Crippen LogP contribution in [0.4, 0.5) is 0 Å². The van der Waals surface area contributed by atoms with Gasteiger partial charge in [0, 0.05) is 24.4 Å². The molecule has 0 atom stereocenters. The molecular formula is C11H11Cl2NOS. The van der Waals surface area contributed by atoms with E-state index in [-0.39, 0.29) is 5.12 Å². The van der Waals surface area contributed by atoms with Gasteiger partial charge in [0.15, 0.2) is 5.12 Å². The van der Waals surface area contributed by atoms with E-state index in [9.17, 15) is 4.79 Å². The Morgan fingerprint density at radius 1 is 1.56 bits per heavy atom. The first-order valence-corrected chi connectivity index (χ1v) is 6.45. The molecular weight excluding hydrogens is 265 g/mol. The molecule has 0 aliphatic heterocycles. The highest BCUT2D eigenvalue weighted by molar-refractivity contribution is 8.13. The van der Waals surface area contributed by atoms with Crippen LogP contribution in [0, 0.1) is 0 Å². The molecule has 2 nitrogen and oxygen atoms in total. The van der Waals surface area contributed by atoms with E-state index in [0.29, 0.717) is 10.2 Å². The molecule has 5 heteroatoms. The number of halogens is 2. The largest absolute Gasteiger partial charge is 0.288 e. The summed E-state index contributed by atoms with van der Waals surface area (Å²) in [6.45, 7) is 1.56. The Morgan fingerprint density at radius 3 is 2.94 bits per heavy atom. The van der Waals surface area contributed by atoms with Gasteiger partial charge < -0.3 is 0 Å². The number of aromatic nitrogens is 1. The third-order valence-electron chi connectivity index (χ3n) is 1.76. The number of hydrogen-bond acceptors (Lipinski definition) is 3. The van der Waals surface area contributed by atoms with E-state index in [2.05, 4.69) is 4.98 Å². The smallest absolute Gasteiger partial charge is 0.185 e. The first-order valence-electron chi connectivity index (χ1n) is 4.71. The molecule has 0 fully saturated rings. The topological polar surface area (TPSA) is 30.0 Å². The minimum Gasteiger partial charge on any atom is -0.288 e. The Hall–Kier alpha value is -0.510. The summed E-state index contributed by atoms with van der Waals surface area (Å²) in [6, 6.07) is 1.69. The van der Waals surface area contributed by atoms with Gasteiger partial charge in [0.1, 0.15) is 5.15 Å². The summed E-state index contributed by atoms with van der Waals surface area (Å²) < 4.78 is 0. The second-order valence-electron chi connectivity index (χ2n) is 3.03. The van der Waals surface area contributed by atoms with Crippen molar-refractivity contribution in [1.82, 2.24) is 4.98 Å². The molecule has 0 bridgehead atoms. The van der Waals surface area contributed by atoms with Gasteiger partial charge in [0.2, 0.25) is 0 Å². The van der Waals surface area contributed by atoms with E-state index >= 15 is 0 Å². The molecule has 1 aromatic heterocycles. The Bertz CT molecular complexity index is 387. The Kier molecular flexibility index (Phi) is 5.88. The van der Waals surface area contributed by atoms with Crippen molar-refractivity contribution in [2.75, 3.05) is 5.75 Å². The Labute approximate surface area is 109 Å². The number of nitrogens with zero attached hydrogens (tertiary/aromatic N) is 1. The molecule has 0 amide bonds. The van der Waals surface area contributed by atoms with Crippen molar-refractivity contribution in [3.05, 3.63) is 34.1 Å². The predicted molar refractivity (Wildman–Crippen MR) is 71.0 cm³/mol. The highest BCUT2D eigenvalue weighted by atomic mass is 35.5. The maximum atomic E-state index is 10.7. The lowest BCUT2D eigenvalue weighted by Gasteiger charge is -1.99. The molecule has 0 unspecified atom stereocenters. The van der Waals surface area contributed by atoms with Gasteiger partial charge in [-0.05, 0) is 12.5 Å². The second kappa shape index (κ2) is 6.94. The van der Waals surface area contributed by atoms with Gasteiger partial charge in [-0.3, -0.25) is 4.79 Å². The quantitative estimate of drug-likeness (QED) is 0.613. The first-order chi connectivity index (χ1) is 7.61. The van der Waals surface area contributed by atoms with Crippen LogP contribution < -0.4 is 0 Å². The van der Waals surface area contributed by atoms with Crippen LogP contribution in [0.3, 0.4) is 0 Å². The van der Waals surface area contributed by atoms with Crippen molar-refractivity contribution in [2.24, 2.45) is 0 Å². The molecule has 1 heterocycles. The predicted octanol–water partition coefficient (Wildman–Crippen LogP) is 4.07. The highest BCUT2D eigenvalue weighted by Crippen LogP contribution is 2.23. The minimum absolute atomic E-state index is 0.130. The Balaban J connectivity index is 2.53. The summed E-state index contributed by atoms with van der Waals surface area (Å²) in [5.41, 5.74) is 0.721. The van der Waals surface area contributed by atoms with Crippen LogP contribution in [-0.4, -0.2) is 15.9 Å². The molecule has 0 saturated carbocycles. The first kappa shape index (κ1) is 13.6. The van der Waals surface area contributed by atoms with E-state index in [1.165, 1.54) is 11.8 Å². The molecule has 0 aromatic carbocycles. The molecule has 0 aliphatic carbocycles. The zero-order valence-corrected chi connectivity index (χ0v) is 11.1. The molecule has 0 aliphatic rings. The number of carbonyl (C=O) groups excluding carboxylic acids is 1. The van der Waals surface area contributed by atoms with Crippen LogP contribution in [0.25, 0.3) is 6.08 Å². The number of carbonyl (C=O) groups is 1. The van der Waals surface area contributed by atoms with Crippen LogP contribution in [0.5, 0.6) is 0 Å². The molecule has 86 valence electrons. The van der Waals surface area contributed by atoms with Crippen molar-refractivity contribution in [1.29, 1.82) is 0 Å². The molecule has 0 N–H and O–H groups in total. The van der Waals surface area contributed by atoms with Crippen LogP contribution in [0.2, 0.25) is 10.2 Å². The van der Waals surface area contributed by atoms with Crippen molar-refractivity contribution < 1.29 is 4.79 Å². The molecule has 1 rings (SSSR count). The summed E-state index contributed by atoms with van der Waals surface area (Å²) in [5.74, 6) is 0.765. The molecule has 16 heavy (non-hydrogen) atoms. The molecule has 0 saturated heterocycles. The van der Waals surface area contributed by atoms with E-state index in [4.69, 9.17) is 23.2 Å². The van der Waals surface area contributed by atoms with Gasteiger partial charge in [-0.15, -0.1) is 0 Å². The fourth-order valence-corrected chi connectivity index (χ4v) is 2.07. The second-order valence-corrected chi connectivity index (χ2v) is 5.07. The van der Waals surface area contributed by atoms with Crippen LogP contribution in [0.1, 0.15) is 18.9 Å². The zero-order chi connectivity index (χ0) is 12.0. The number of pyridine rings is 1. The van der Waals surface area contributed by atoms with Crippen molar-refractivity contribution >= 4 is 46.2 Å². The van der Waals surface area contributed by atoms with Crippen molar-refractivity contribution in [3.63, 3.8) is 0 Å². The average molecular weight is 276 g/mol. The van der Waals surface area contributed by atoms with E-state index in [1.807, 2.05) is 12.2 Å². The van der Waals surface area contributed by atoms with E-state index in [0.717, 1.165) is 17.7 Å². The minimum atomic E-state index is 0.130. The summed E-state index contributed by atoms with van der Waals surface area (Å²) >= 11 is 13.1. The molecule has 0 spiro atoms. The maximum Gasteiger partial charge on any atom is 0.185 e. The van der Waals surface area contributed by atoms with E-state index < -0.39 is 0 Å². The lowest BCUT2D eigenvalue weighted by Crippen LogP contribution is -1.85. The highest BCUT2D eigenvalue weighted by Gasteiger charge is 2.01. The zero-order valence-electron chi connectivity index (χ0n) is 8.74. The summed E-state index contributed by atoms with van der Waals surface area (Å²) in [7, 11) is 0. The van der Waals surface area contributed by atoms with Gasteiger partial charge in [-0.2, -0.15) is 0 Å². The fraction of sp³-hybridized carbons (Fsp3) is 0.273. The Morgan fingerprint density at radius 2 is 2.31 bits per heavy atom. The van der Waals surface area contributed by atoms with Gasteiger partial charge in [-0.25, -0.2) is 4.98 Å². The van der Waals surface area contributed by atoms with Crippen molar-refractivity contribution in [2.45, 2.75) is 13.3 Å².